The van der Waals surface area contributed by atoms with Crippen LogP contribution in [0.2, 0.25) is 0 Å². The van der Waals surface area contributed by atoms with Crippen molar-refractivity contribution in [3.63, 3.8) is 0 Å². The van der Waals surface area contributed by atoms with Gasteiger partial charge in [-0.3, -0.25) is 9.36 Å². The number of hydrogen-bond acceptors (Lipinski definition) is 4. The Labute approximate surface area is 101 Å². The van der Waals surface area contributed by atoms with Gasteiger partial charge in [0.15, 0.2) is 0 Å². The first-order chi connectivity index (χ1) is 7.92. The number of nitrogens with one attached hydrogen (secondary N) is 1. The molecule has 0 aliphatic carbocycles. The molecule has 6 nitrogen and oxygen atoms in total. The third kappa shape index (κ3) is 5.64. The van der Waals surface area contributed by atoms with Gasteiger partial charge in [0.1, 0.15) is 6.04 Å². The molecule has 1 aliphatic rings. The van der Waals surface area contributed by atoms with Crippen molar-refractivity contribution in [1.82, 2.24) is 5.32 Å². The number of carbonyl (C=O) groups is 1. The van der Waals surface area contributed by atoms with Crippen LogP contribution in [0.5, 0.6) is 0 Å². The zero-order valence-corrected chi connectivity index (χ0v) is 10.9. The molecule has 7 heteroatoms. The Morgan fingerprint density at radius 2 is 2.24 bits per heavy atom. The molecule has 0 amide bonds. The molecule has 1 heterocycles. The monoisotopic (exact) mass is 265 g/mol. The van der Waals surface area contributed by atoms with Crippen LogP contribution in [0.1, 0.15) is 26.2 Å². The van der Waals surface area contributed by atoms with E-state index in [0.717, 1.165) is 6.42 Å². The van der Waals surface area contributed by atoms with Crippen LogP contribution in [0.25, 0.3) is 0 Å². The fraction of sp³-hybridized carbons (Fsp3) is 0.900. The van der Waals surface area contributed by atoms with Crippen LogP contribution in [-0.4, -0.2) is 41.1 Å². The van der Waals surface area contributed by atoms with E-state index in [9.17, 15) is 9.36 Å². The van der Waals surface area contributed by atoms with E-state index in [0.29, 0.717) is 26.0 Å². The van der Waals surface area contributed by atoms with Gasteiger partial charge in [-0.05, 0) is 31.7 Å². The third-order valence-corrected chi connectivity index (χ3v) is 3.73. The molecular weight excluding hydrogens is 245 g/mol. The second-order valence-electron chi connectivity index (χ2n) is 4.41. The van der Waals surface area contributed by atoms with Crippen molar-refractivity contribution >= 4 is 13.6 Å². The molecule has 0 radical (unpaired) electrons. The van der Waals surface area contributed by atoms with Crippen molar-refractivity contribution in [3.8, 4) is 0 Å². The summed E-state index contributed by atoms with van der Waals surface area (Å²) in [6.45, 7) is 2.90. The van der Waals surface area contributed by atoms with E-state index in [2.05, 4.69) is 5.32 Å². The smallest absolute Gasteiger partial charge is 0.325 e. The summed E-state index contributed by atoms with van der Waals surface area (Å²) in [4.78, 5) is 29.4. The summed E-state index contributed by atoms with van der Waals surface area (Å²) < 4.78 is 15.9. The second-order valence-corrected chi connectivity index (χ2v) is 6.11. The summed E-state index contributed by atoms with van der Waals surface area (Å²) in [5, 5.41) is 3.02. The molecule has 1 aliphatic heterocycles. The molecular formula is C10H20NO5P. The van der Waals surface area contributed by atoms with Crippen molar-refractivity contribution in [1.29, 1.82) is 0 Å². The van der Waals surface area contributed by atoms with E-state index in [1.807, 2.05) is 6.92 Å². The average molecular weight is 265 g/mol. The minimum atomic E-state index is -3.99. The van der Waals surface area contributed by atoms with Crippen LogP contribution in [0.4, 0.5) is 0 Å². The Balaban J connectivity index is 2.43. The van der Waals surface area contributed by atoms with Crippen molar-refractivity contribution in [2.45, 2.75) is 32.2 Å². The molecule has 100 valence electrons. The quantitative estimate of drug-likeness (QED) is 0.494. The number of rotatable bonds is 5. The lowest BCUT2D eigenvalue weighted by molar-refractivity contribution is -0.147. The van der Waals surface area contributed by atoms with Crippen LogP contribution in [-0.2, 0) is 14.1 Å². The van der Waals surface area contributed by atoms with Crippen molar-refractivity contribution in [3.05, 3.63) is 0 Å². The van der Waals surface area contributed by atoms with Gasteiger partial charge in [0.25, 0.3) is 0 Å². The highest BCUT2D eigenvalue weighted by molar-refractivity contribution is 7.51. The van der Waals surface area contributed by atoms with Gasteiger partial charge in [0.05, 0.1) is 12.8 Å². The number of carbonyl (C=O) groups excluding carboxylic acids is 1. The van der Waals surface area contributed by atoms with Crippen molar-refractivity contribution in [2.24, 2.45) is 5.92 Å². The van der Waals surface area contributed by atoms with Crippen molar-refractivity contribution in [2.75, 3.05) is 19.3 Å². The summed E-state index contributed by atoms with van der Waals surface area (Å²) in [6.07, 6.45) is 1.74. The Hall–Kier alpha value is -0.420. The minimum Gasteiger partial charge on any atom is -0.465 e. The minimum absolute atomic E-state index is 0.115. The molecule has 0 spiro atoms. The molecule has 0 bridgehead atoms. The van der Waals surface area contributed by atoms with E-state index in [1.165, 1.54) is 0 Å². The summed E-state index contributed by atoms with van der Waals surface area (Å²) >= 11 is 0. The number of ether oxygens (including phenoxy) is 1. The highest BCUT2D eigenvalue weighted by atomic mass is 31.2. The summed E-state index contributed by atoms with van der Waals surface area (Å²) in [5.41, 5.74) is 0. The lowest BCUT2D eigenvalue weighted by atomic mass is 9.94. The molecule has 3 N–H and O–H groups in total. The van der Waals surface area contributed by atoms with Crippen LogP contribution < -0.4 is 5.32 Å². The molecule has 0 aromatic heterocycles. The largest absolute Gasteiger partial charge is 0.465 e. The van der Waals surface area contributed by atoms with Gasteiger partial charge in [-0.15, -0.1) is 0 Å². The predicted molar refractivity (Wildman–Crippen MR) is 62.7 cm³/mol. The summed E-state index contributed by atoms with van der Waals surface area (Å²) in [6, 6.07) is -0.424. The van der Waals surface area contributed by atoms with Gasteiger partial charge in [0.2, 0.25) is 0 Å². The third-order valence-electron chi connectivity index (χ3n) is 2.74. The molecule has 1 saturated heterocycles. The van der Waals surface area contributed by atoms with E-state index in [1.54, 1.807) is 0 Å². The molecule has 1 rings (SSSR count). The first-order valence-corrected chi connectivity index (χ1v) is 7.66. The van der Waals surface area contributed by atoms with E-state index in [4.69, 9.17) is 14.5 Å². The molecule has 0 aromatic rings. The Kier molecular flexibility index (Phi) is 5.59. The van der Waals surface area contributed by atoms with E-state index in [-0.39, 0.29) is 18.0 Å². The lowest BCUT2D eigenvalue weighted by Crippen LogP contribution is -2.45. The Morgan fingerprint density at radius 1 is 1.53 bits per heavy atom. The topological polar surface area (TPSA) is 95.9 Å². The number of piperidine rings is 1. The highest BCUT2D eigenvalue weighted by Gasteiger charge is 2.31. The van der Waals surface area contributed by atoms with Gasteiger partial charge in [0, 0.05) is 0 Å². The fourth-order valence-corrected chi connectivity index (χ4v) is 2.99. The SMILES string of the molecule is CCCOC(=O)[C@@H]1C[C@H](CP(=O)(O)O)CCN1. The molecule has 17 heavy (non-hydrogen) atoms. The van der Waals surface area contributed by atoms with Crippen LogP contribution in [0.15, 0.2) is 0 Å². The molecule has 1 fully saturated rings. The molecule has 2 atom stereocenters. The van der Waals surface area contributed by atoms with Gasteiger partial charge in [-0.25, -0.2) is 0 Å². The first kappa shape index (κ1) is 14.6. The number of esters is 1. The maximum atomic E-state index is 11.6. The maximum Gasteiger partial charge on any atom is 0.325 e. The van der Waals surface area contributed by atoms with Gasteiger partial charge in [-0.1, -0.05) is 6.92 Å². The number of hydrogen-bond donors (Lipinski definition) is 3. The van der Waals surface area contributed by atoms with Crippen LogP contribution in [0.3, 0.4) is 0 Å². The zero-order chi connectivity index (χ0) is 12.9. The standard InChI is InChI=1S/C10H20NO5P/c1-2-5-16-10(12)9-6-8(3-4-11-9)7-17(13,14)15/h8-9,11H,2-7H2,1H3,(H2,13,14,15)/t8-,9+/m1/s1. The predicted octanol–water partition coefficient (Wildman–Crippen LogP) is 0.485. The Bertz CT molecular complexity index is 303. The van der Waals surface area contributed by atoms with Gasteiger partial charge < -0.3 is 19.8 Å². The van der Waals surface area contributed by atoms with Gasteiger partial charge in [-0.2, -0.15) is 0 Å². The van der Waals surface area contributed by atoms with E-state index >= 15 is 0 Å². The lowest BCUT2D eigenvalue weighted by Gasteiger charge is -2.29. The van der Waals surface area contributed by atoms with Crippen LogP contribution >= 0.6 is 7.60 Å². The molecule has 0 aromatic carbocycles. The molecule has 0 saturated carbocycles. The summed E-state index contributed by atoms with van der Waals surface area (Å²) in [5.74, 6) is -0.432. The zero-order valence-electron chi connectivity index (χ0n) is 9.96. The fourth-order valence-electron chi connectivity index (χ4n) is 1.98. The average Bonchev–Trinajstić information content (AvgIpc) is 2.24. The van der Waals surface area contributed by atoms with Crippen LogP contribution in [0, 0.1) is 5.92 Å². The first-order valence-electron chi connectivity index (χ1n) is 5.87. The normalized spacial score (nSPS) is 25.6. The van der Waals surface area contributed by atoms with E-state index < -0.39 is 13.6 Å². The van der Waals surface area contributed by atoms with Gasteiger partial charge >= 0.3 is 13.6 Å². The second kappa shape index (κ2) is 6.50. The Morgan fingerprint density at radius 3 is 2.82 bits per heavy atom. The maximum absolute atomic E-state index is 11.6. The molecule has 0 unspecified atom stereocenters. The highest BCUT2D eigenvalue weighted by Crippen LogP contribution is 2.39. The van der Waals surface area contributed by atoms with Crippen molar-refractivity contribution < 1.29 is 23.9 Å². The summed E-state index contributed by atoms with van der Waals surface area (Å²) in [7, 11) is -3.99.